The molecule has 208 valence electrons. The van der Waals surface area contributed by atoms with E-state index in [0.29, 0.717) is 57.5 Å². The van der Waals surface area contributed by atoms with Crippen LogP contribution < -0.4 is 10.2 Å². The minimum Gasteiger partial charge on any atom is -0.382 e. The summed E-state index contributed by atoms with van der Waals surface area (Å²) in [6, 6.07) is 9.70. The number of aryl methyl sites for hydroxylation is 1. The van der Waals surface area contributed by atoms with Crippen LogP contribution in [0, 0.1) is 6.92 Å². The highest BCUT2D eigenvalue weighted by Gasteiger charge is 2.36. The monoisotopic (exact) mass is 543 g/mol. The standard InChI is InChI=1S/C27H31F6N3O2/c1-18-6-7-20(16-23(18)27(31,32)33)34-19-8-10-21(11-9-19)38-17-25(37)36-14-12-35(13-15-36)24-5-3-2-4-22(24)26(28,29)30/h2-7,16,19,21,34H,8-15,17H2,1H3. The van der Waals surface area contributed by atoms with Gasteiger partial charge in [-0.2, -0.15) is 26.3 Å². The van der Waals surface area contributed by atoms with Gasteiger partial charge in [-0.15, -0.1) is 0 Å². The number of halogens is 6. The summed E-state index contributed by atoms with van der Waals surface area (Å²) in [7, 11) is 0. The predicted octanol–water partition coefficient (Wildman–Crippen LogP) is 6.12. The van der Waals surface area contributed by atoms with Crippen LogP contribution in [0.1, 0.15) is 42.4 Å². The lowest BCUT2D eigenvalue weighted by molar-refractivity contribution is -0.140. The lowest BCUT2D eigenvalue weighted by Gasteiger charge is -2.37. The molecule has 0 bridgehead atoms. The molecule has 2 aliphatic rings. The first-order chi connectivity index (χ1) is 17.9. The lowest BCUT2D eigenvalue weighted by atomic mass is 9.92. The van der Waals surface area contributed by atoms with Gasteiger partial charge in [0, 0.05) is 43.6 Å². The van der Waals surface area contributed by atoms with Crippen molar-refractivity contribution in [2.45, 2.75) is 57.1 Å². The van der Waals surface area contributed by atoms with Gasteiger partial charge in [-0.3, -0.25) is 4.79 Å². The van der Waals surface area contributed by atoms with E-state index in [1.807, 2.05) is 0 Å². The first-order valence-corrected chi connectivity index (χ1v) is 12.7. The molecule has 1 aliphatic heterocycles. The Hall–Kier alpha value is -2.95. The van der Waals surface area contributed by atoms with Crippen molar-refractivity contribution in [1.29, 1.82) is 0 Å². The summed E-state index contributed by atoms with van der Waals surface area (Å²) >= 11 is 0. The van der Waals surface area contributed by atoms with Crippen molar-refractivity contribution in [2.24, 2.45) is 0 Å². The van der Waals surface area contributed by atoms with Crippen molar-refractivity contribution < 1.29 is 35.9 Å². The Balaban J connectivity index is 1.20. The summed E-state index contributed by atoms with van der Waals surface area (Å²) < 4.78 is 85.4. The van der Waals surface area contributed by atoms with Crippen LogP contribution >= 0.6 is 0 Å². The molecule has 2 fully saturated rings. The van der Waals surface area contributed by atoms with E-state index in [2.05, 4.69) is 5.32 Å². The van der Waals surface area contributed by atoms with Crippen molar-refractivity contribution in [3.63, 3.8) is 0 Å². The number of ether oxygens (including phenoxy) is 1. The summed E-state index contributed by atoms with van der Waals surface area (Å²) in [5.74, 6) is -0.201. The van der Waals surface area contributed by atoms with E-state index in [1.54, 1.807) is 21.9 Å². The summed E-state index contributed by atoms with van der Waals surface area (Å²) in [5.41, 5.74) is -0.606. The summed E-state index contributed by atoms with van der Waals surface area (Å²) in [6.07, 6.45) is -6.23. The molecule has 0 aromatic heterocycles. The number of nitrogens with one attached hydrogen (secondary N) is 1. The summed E-state index contributed by atoms with van der Waals surface area (Å²) in [4.78, 5) is 15.9. The molecule has 1 aliphatic carbocycles. The van der Waals surface area contributed by atoms with Gasteiger partial charge in [0.05, 0.1) is 17.2 Å². The second kappa shape index (κ2) is 11.4. The number of carbonyl (C=O) groups excluding carboxylic acids is 1. The molecular weight excluding hydrogens is 512 g/mol. The molecule has 0 radical (unpaired) electrons. The molecule has 2 aromatic carbocycles. The average molecular weight is 544 g/mol. The van der Waals surface area contributed by atoms with Crippen molar-refractivity contribution in [2.75, 3.05) is 43.0 Å². The smallest absolute Gasteiger partial charge is 0.382 e. The van der Waals surface area contributed by atoms with Crippen LogP contribution in [0.4, 0.5) is 37.7 Å². The van der Waals surface area contributed by atoms with Crippen LogP contribution in [-0.2, 0) is 21.9 Å². The molecule has 1 saturated carbocycles. The number of hydrogen-bond donors (Lipinski definition) is 1. The molecule has 38 heavy (non-hydrogen) atoms. The highest BCUT2D eigenvalue weighted by molar-refractivity contribution is 5.77. The number of rotatable bonds is 6. The molecular formula is C27H31F6N3O2. The van der Waals surface area contributed by atoms with Crippen molar-refractivity contribution in [1.82, 2.24) is 4.90 Å². The van der Waals surface area contributed by atoms with Crippen LogP contribution in [0.25, 0.3) is 0 Å². The van der Waals surface area contributed by atoms with Crippen molar-refractivity contribution >= 4 is 17.3 Å². The number of nitrogens with zero attached hydrogens (tertiary/aromatic N) is 2. The molecule has 1 N–H and O–H groups in total. The molecule has 5 nitrogen and oxygen atoms in total. The van der Waals surface area contributed by atoms with E-state index >= 15 is 0 Å². The zero-order valence-electron chi connectivity index (χ0n) is 21.0. The normalized spacial score (nSPS) is 20.9. The summed E-state index contributed by atoms with van der Waals surface area (Å²) in [5, 5.41) is 3.18. The molecule has 0 unspecified atom stereocenters. The number of benzene rings is 2. The van der Waals surface area contributed by atoms with Crippen molar-refractivity contribution in [3.8, 4) is 0 Å². The third-order valence-corrected chi connectivity index (χ3v) is 7.21. The molecule has 0 spiro atoms. The fourth-order valence-electron chi connectivity index (χ4n) is 5.09. The second-order valence-corrected chi connectivity index (χ2v) is 9.84. The zero-order valence-corrected chi connectivity index (χ0v) is 21.0. The van der Waals surface area contributed by atoms with Gasteiger partial charge in [0.25, 0.3) is 0 Å². The molecule has 2 aromatic rings. The Labute approximate surface area is 217 Å². The van der Waals surface area contributed by atoms with Gasteiger partial charge in [-0.05, 0) is 62.4 Å². The zero-order chi connectivity index (χ0) is 27.5. The number of piperazine rings is 1. The van der Waals surface area contributed by atoms with Gasteiger partial charge >= 0.3 is 12.4 Å². The maximum Gasteiger partial charge on any atom is 0.418 e. The number of amides is 1. The summed E-state index contributed by atoms with van der Waals surface area (Å²) in [6.45, 7) is 2.54. The Morgan fingerprint density at radius 1 is 0.895 bits per heavy atom. The Bertz CT molecular complexity index is 1100. The Kier molecular flexibility index (Phi) is 8.44. The van der Waals surface area contributed by atoms with E-state index in [1.165, 1.54) is 25.1 Å². The van der Waals surface area contributed by atoms with Gasteiger partial charge in [0.2, 0.25) is 5.91 Å². The minimum atomic E-state index is -4.45. The van der Waals surface area contributed by atoms with Gasteiger partial charge in [0.15, 0.2) is 0 Å². The van der Waals surface area contributed by atoms with Gasteiger partial charge in [0.1, 0.15) is 6.61 Å². The Morgan fingerprint density at radius 3 is 2.16 bits per heavy atom. The van der Waals surface area contributed by atoms with E-state index < -0.39 is 23.5 Å². The number of anilines is 2. The van der Waals surface area contributed by atoms with E-state index in [0.717, 1.165) is 12.1 Å². The number of hydrogen-bond acceptors (Lipinski definition) is 4. The second-order valence-electron chi connectivity index (χ2n) is 9.84. The van der Waals surface area contributed by atoms with Gasteiger partial charge in [-0.1, -0.05) is 18.2 Å². The van der Waals surface area contributed by atoms with Gasteiger partial charge in [-0.25, -0.2) is 0 Å². The fraction of sp³-hybridized carbons (Fsp3) is 0.519. The molecule has 1 amide bonds. The fourth-order valence-corrected chi connectivity index (χ4v) is 5.09. The number of alkyl halides is 6. The average Bonchev–Trinajstić information content (AvgIpc) is 2.88. The van der Waals surface area contributed by atoms with Crippen molar-refractivity contribution in [3.05, 3.63) is 59.2 Å². The molecule has 1 heterocycles. The topological polar surface area (TPSA) is 44.8 Å². The highest BCUT2D eigenvalue weighted by atomic mass is 19.4. The van der Waals surface area contributed by atoms with Crippen LogP contribution in [0.5, 0.6) is 0 Å². The predicted molar refractivity (Wildman–Crippen MR) is 132 cm³/mol. The minimum absolute atomic E-state index is 0.0157. The first-order valence-electron chi connectivity index (χ1n) is 12.7. The van der Waals surface area contributed by atoms with E-state index in [9.17, 15) is 31.1 Å². The quantitative estimate of drug-likeness (QED) is 0.446. The Morgan fingerprint density at radius 2 is 1.53 bits per heavy atom. The molecule has 1 saturated heterocycles. The van der Waals surface area contributed by atoms with Crippen LogP contribution in [-0.4, -0.2) is 55.7 Å². The van der Waals surface area contributed by atoms with Crippen LogP contribution in [0.3, 0.4) is 0 Å². The largest absolute Gasteiger partial charge is 0.418 e. The van der Waals surface area contributed by atoms with Crippen LogP contribution in [0.15, 0.2) is 42.5 Å². The molecule has 11 heteroatoms. The first kappa shape index (κ1) is 28.1. The maximum atomic E-state index is 13.3. The highest BCUT2D eigenvalue weighted by Crippen LogP contribution is 2.37. The third kappa shape index (κ3) is 6.92. The number of carbonyl (C=O) groups is 1. The molecule has 4 rings (SSSR count). The van der Waals surface area contributed by atoms with Crippen LogP contribution in [0.2, 0.25) is 0 Å². The number of para-hydroxylation sites is 1. The molecule has 0 atom stereocenters. The van der Waals surface area contributed by atoms with E-state index in [4.69, 9.17) is 4.74 Å². The van der Waals surface area contributed by atoms with Gasteiger partial charge < -0.3 is 19.9 Å². The SMILES string of the molecule is Cc1ccc(NC2CCC(OCC(=O)N3CCN(c4ccccc4C(F)(F)F)CC3)CC2)cc1C(F)(F)F. The lowest BCUT2D eigenvalue weighted by Crippen LogP contribution is -2.50. The van der Waals surface area contributed by atoms with E-state index in [-0.39, 0.29) is 35.9 Å². The third-order valence-electron chi connectivity index (χ3n) is 7.21. The maximum absolute atomic E-state index is 13.3.